The van der Waals surface area contributed by atoms with Gasteiger partial charge in [0.25, 0.3) is 0 Å². The van der Waals surface area contributed by atoms with Gasteiger partial charge in [-0.15, -0.1) is 0 Å². The smallest absolute Gasteiger partial charge is 0.323 e. The first kappa shape index (κ1) is 16.3. The molecule has 3 rings (SSSR count). The first-order chi connectivity index (χ1) is 12.1. The van der Waals surface area contributed by atoms with E-state index in [4.69, 9.17) is 4.74 Å². The Hall–Kier alpha value is -3.55. The summed E-state index contributed by atoms with van der Waals surface area (Å²) in [5.41, 5.74) is 0.129. The third-order valence-electron chi connectivity index (χ3n) is 3.02. The van der Waals surface area contributed by atoms with Crippen LogP contribution in [0.1, 0.15) is 0 Å². The number of carbonyl (C=O) groups excluding carboxylic acids is 1. The summed E-state index contributed by atoms with van der Waals surface area (Å²) in [6, 6.07) is 11.2. The molecule has 8 heteroatoms. The summed E-state index contributed by atoms with van der Waals surface area (Å²) in [6.07, 6.45) is 2.68. The number of hydrogen-bond donors (Lipinski definition) is 2. The van der Waals surface area contributed by atoms with E-state index < -0.39 is 17.7 Å². The number of halogens is 2. The topological polar surface area (TPSA) is 76.1 Å². The van der Waals surface area contributed by atoms with Crippen LogP contribution in [0.3, 0.4) is 0 Å². The number of urea groups is 1. The number of benzene rings is 2. The summed E-state index contributed by atoms with van der Waals surface area (Å²) < 4.78 is 31.7. The van der Waals surface area contributed by atoms with Crippen LogP contribution in [-0.4, -0.2) is 16.0 Å². The molecule has 2 N–H and O–H groups in total. The van der Waals surface area contributed by atoms with Crippen LogP contribution in [0.2, 0.25) is 0 Å². The fourth-order valence-corrected chi connectivity index (χ4v) is 1.90. The average molecular weight is 342 g/mol. The quantitative estimate of drug-likeness (QED) is 0.745. The van der Waals surface area contributed by atoms with Gasteiger partial charge in [0.05, 0.1) is 23.8 Å². The largest absolute Gasteiger partial charge is 0.424 e. The van der Waals surface area contributed by atoms with Gasteiger partial charge in [0, 0.05) is 6.07 Å². The third-order valence-corrected chi connectivity index (χ3v) is 3.02. The standard InChI is InChI=1S/C17H12F2N4O2/c18-11-6-7-15(14(19)8-11)23-16(24)22-12-9-20-17(21-10-12)25-13-4-2-1-3-5-13/h1-10H,(H2,22,23,24). The summed E-state index contributed by atoms with van der Waals surface area (Å²) in [7, 11) is 0. The Kier molecular flexibility index (Phi) is 4.79. The van der Waals surface area contributed by atoms with Gasteiger partial charge in [-0.05, 0) is 24.3 Å². The van der Waals surface area contributed by atoms with Crippen molar-refractivity contribution in [3.05, 3.63) is 72.6 Å². The maximum absolute atomic E-state index is 13.5. The van der Waals surface area contributed by atoms with E-state index in [9.17, 15) is 13.6 Å². The number of para-hydroxylation sites is 1. The number of hydrogen-bond acceptors (Lipinski definition) is 4. The minimum Gasteiger partial charge on any atom is -0.424 e. The Bertz CT molecular complexity index is 874. The van der Waals surface area contributed by atoms with E-state index in [1.165, 1.54) is 12.4 Å². The van der Waals surface area contributed by atoms with Crippen molar-refractivity contribution in [3.63, 3.8) is 0 Å². The van der Waals surface area contributed by atoms with Crippen LogP contribution in [0.5, 0.6) is 11.8 Å². The van der Waals surface area contributed by atoms with Crippen molar-refractivity contribution in [1.29, 1.82) is 0 Å². The average Bonchev–Trinajstić information content (AvgIpc) is 2.60. The molecule has 0 bridgehead atoms. The van der Waals surface area contributed by atoms with Gasteiger partial charge in [-0.1, -0.05) is 18.2 Å². The molecule has 0 spiro atoms. The predicted molar refractivity (Wildman–Crippen MR) is 87.5 cm³/mol. The van der Waals surface area contributed by atoms with Crippen molar-refractivity contribution in [2.75, 3.05) is 10.6 Å². The van der Waals surface area contributed by atoms with Crippen LogP contribution in [0.4, 0.5) is 25.0 Å². The number of nitrogens with zero attached hydrogens (tertiary/aromatic N) is 2. The fraction of sp³-hybridized carbons (Fsp3) is 0. The molecule has 0 aliphatic rings. The minimum absolute atomic E-state index is 0.113. The second kappa shape index (κ2) is 7.35. The Labute approximate surface area is 141 Å². The zero-order valence-electron chi connectivity index (χ0n) is 12.7. The number of carbonyl (C=O) groups is 1. The fourth-order valence-electron chi connectivity index (χ4n) is 1.90. The SMILES string of the molecule is O=C(Nc1cnc(Oc2ccccc2)nc1)Nc1ccc(F)cc1F. The van der Waals surface area contributed by atoms with Gasteiger partial charge in [-0.3, -0.25) is 0 Å². The summed E-state index contributed by atoms with van der Waals surface area (Å²) >= 11 is 0. The number of anilines is 2. The lowest BCUT2D eigenvalue weighted by Crippen LogP contribution is -2.20. The summed E-state index contributed by atoms with van der Waals surface area (Å²) in [4.78, 5) is 19.8. The van der Waals surface area contributed by atoms with Crippen molar-refractivity contribution in [1.82, 2.24) is 9.97 Å². The molecule has 1 aromatic heterocycles. The molecule has 1 heterocycles. The molecule has 0 fully saturated rings. The van der Waals surface area contributed by atoms with Crippen molar-refractivity contribution in [2.24, 2.45) is 0 Å². The molecule has 126 valence electrons. The molecular formula is C17H12F2N4O2. The zero-order valence-corrected chi connectivity index (χ0v) is 12.7. The van der Waals surface area contributed by atoms with Crippen LogP contribution < -0.4 is 15.4 Å². The van der Waals surface area contributed by atoms with E-state index in [2.05, 4.69) is 20.6 Å². The molecule has 0 aliphatic heterocycles. The Morgan fingerprint density at radius 2 is 1.68 bits per heavy atom. The van der Waals surface area contributed by atoms with Gasteiger partial charge in [0.2, 0.25) is 0 Å². The van der Waals surface area contributed by atoms with Gasteiger partial charge in [0.15, 0.2) is 0 Å². The van der Waals surface area contributed by atoms with Crippen molar-refractivity contribution >= 4 is 17.4 Å². The van der Waals surface area contributed by atoms with Gasteiger partial charge in [0.1, 0.15) is 17.4 Å². The maximum Gasteiger partial charge on any atom is 0.323 e. The van der Waals surface area contributed by atoms with E-state index in [0.717, 1.165) is 12.1 Å². The van der Waals surface area contributed by atoms with Crippen LogP contribution in [0, 0.1) is 11.6 Å². The molecule has 2 aromatic carbocycles. The molecule has 0 atom stereocenters. The van der Waals surface area contributed by atoms with Crippen LogP contribution in [0.25, 0.3) is 0 Å². The maximum atomic E-state index is 13.5. The van der Waals surface area contributed by atoms with Gasteiger partial charge in [-0.25, -0.2) is 23.5 Å². The van der Waals surface area contributed by atoms with Gasteiger partial charge in [-0.2, -0.15) is 0 Å². The molecule has 3 aromatic rings. The number of rotatable bonds is 4. The molecule has 0 aliphatic carbocycles. The molecular weight excluding hydrogens is 330 g/mol. The molecule has 0 saturated heterocycles. The van der Waals surface area contributed by atoms with Crippen molar-refractivity contribution in [3.8, 4) is 11.8 Å². The molecule has 0 unspecified atom stereocenters. The summed E-state index contributed by atoms with van der Waals surface area (Å²) in [5, 5.41) is 4.69. The molecule has 0 radical (unpaired) electrons. The highest BCUT2D eigenvalue weighted by Gasteiger charge is 2.09. The van der Waals surface area contributed by atoms with Crippen LogP contribution in [0.15, 0.2) is 60.9 Å². The highest BCUT2D eigenvalue weighted by Crippen LogP contribution is 2.18. The van der Waals surface area contributed by atoms with Gasteiger partial charge >= 0.3 is 12.0 Å². The van der Waals surface area contributed by atoms with E-state index in [1.807, 2.05) is 18.2 Å². The molecule has 6 nitrogen and oxygen atoms in total. The Balaban J connectivity index is 1.60. The first-order valence-electron chi connectivity index (χ1n) is 7.18. The number of aromatic nitrogens is 2. The first-order valence-corrected chi connectivity index (χ1v) is 7.18. The van der Waals surface area contributed by atoms with Crippen molar-refractivity contribution < 1.29 is 18.3 Å². The van der Waals surface area contributed by atoms with Crippen LogP contribution >= 0.6 is 0 Å². The van der Waals surface area contributed by atoms with Crippen molar-refractivity contribution in [2.45, 2.75) is 0 Å². The minimum atomic E-state index is -0.877. The lowest BCUT2D eigenvalue weighted by atomic mass is 10.3. The predicted octanol–water partition coefficient (Wildman–Crippen LogP) is 4.19. The van der Waals surface area contributed by atoms with Crippen LogP contribution in [-0.2, 0) is 0 Å². The molecule has 2 amide bonds. The Morgan fingerprint density at radius 3 is 2.36 bits per heavy atom. The lowest BCUT2D eigenvalue weighted by Gasteiger charge is -2.08. The molecule has 25 heavy (non-hydrogen) atoms. The van der Waals surface area contributed by atoms with E-state index in [1.54, 1.807) is 12.1 Å². The van der Waals surface area contributed by atoms with E-state index in [-0.39, 0.29) is 17.4 Å². The Morgan fingerprint density at radius 1 is 0.960 bits per heavy atom. The number of nitrogens with one attached hydrogen (secondary N) is 2. The lowest BCUT2D eigenvalue weighted by molar-refractivity contribution is 0.262. The summed E-state index contributed by atoms with van der Waals surface area (Å²) in [6.45, 7) is 0. The normalized spacial score (nSPS) is 10.2. The number of ether oxygens (including phenoxy) is 1. The number of amides is 2. The molecule has 0 saturated carbocycles. The highest BCUT2D eigenvalue weighted by molar-refractivity contribution is 5.99. The second-order valence-corrected chi connectivity index (χ2v) is 4.87. The summed E-state index contributed by atoms with van der Waals surface area (Å²) in [5.74, 6) is -1.03. The highest BCUT2D eigenvalue weighted by atomic mass is 19.1. The third kappa shape index (κ3) is 4.47. The zero-order chi connectivity index (χ0) is 17.6. The second-order valence-electron chi connectivity index (χ2n) is 4.87. The van der Waals surface area contributed by atoms with E-state index >= 15 is 0 Å². The monoisotopic (exact) mass is 342 g/mol. The van der Waals surface area contributed by atoms with Gasteiger partial charge < -0.3 is 15.4 Å². The van der Waals surface area contributed by atoms with E-state index in [0.29, 0.717) is 11.8 Å².